The highest BCUT2D eigenvalue weighted by atomic mass is 16.5. The molecule has 1 atom stereocenters. The van der Waals surface area contributed by atoms with Gasteiger partial charge in [0.2, 0.25) is 11.8 Å². The van der Waals surface area contributed by atoms with Crippen molar-refractivity contribution < 1.29 is 14.3 Å². The van der Waals surface area contributed by atoms with E-state index in [0.29, 0.717) is 31.2 Å². The van der Waals surface area contributed by atoms with Crippen molar-refractivity contribution in [3.05, 3.63) is 18.3 Å². The second-order valence-electron chi connectivity index (χ2n) is 4.07. The van der Waals surface area contributed by atoms with Gasteiger partial charge in [-0.1, -0.05) is 0 Å². The lowest BCUT2D eigenvalue weighted by molar-refractivity contribution is -0.117. The standard InChI is InChI=1S/C12H17N3O3/c1-17-12-3-2-9(7-14-12)15-11(16)6-10-8-18-5-4-13-10/h2-3,7,10,13H,4-6,8H2,1H3,(H,15,16). The third kappa shape index (κ3) is 3.68. The second kappa shape index (κ2) is 6.32. The number of aromatic nitrogens is 1. The minimum atomic E-state index is -0.0510. The predicted molar refractivity (Wildman–Crippen MR) is 66.6 cm³/mol. The zero-order chi connectivity index (χ0) is 12.8. The van der Waals surface area contributed by atoms with Crippen molar-refractivity contribution in [3.63, 3.8) is 0 Å². The molecule has 1 amide bonds. The zero-order valence-corrected chi connectivity index (χ0v) is 10.3. The molecular formula is C12H17N3O3. The monoisotopic (exact) mass is 251 g/mol. The van der Waals surface area contributed by atoms with Crippen molar-refractivity contribution in [2.24, 2.45) is 0 Å². The summed E-state index contributed by atoms with van der Waals surface area (Å²) in [6.07, 6.45) is 1.97. The van der Waals surface area contributed by atoms with Crippen LogP contribution >= 0.6 is 0 Å². The van der Waals surface area contributed by atoms with Crippen molar-refractivity contribution in [2.75, 3.05) is 32.2 Å². The average molecular weight is 251 g/mol. The van der Waals surface area contributed by atoms with Crippen molar-refractivity contribution in [1.29, 1.82) is 0 Å². The first-order valence-electron chi connectivity index (χ1n) is 5.89. The summed E-state index contributed by atoms with van der Waals surface area (Å²) >= 11 is 0. The largest absolute Gasteiger partial charge is 0.481 e. The molecule has 0 radical (unpaired) electrons. The molecule has 0 bridgehead atoms. The Labute approximate surface area is 106 Å². The molecule has 2 heterocycles. The van der Waals surface area contributed by atoms with E-state index in [2.05, 4.69) is 15.6 Å². The molecule has 1 aliphatic rings. The Morgan fingerprint density at radius 1 is 1.67 bits per heavy atom. The Morgan fingerprint density at radius 2 is 2.56 bits per heavy atom. The fourth-order valence-corrected chi connectivity index (χ4v) is 1.76. The van der Waals surface area contributed by atoms with Crippen molar-refractivity contribution in [3.8, 4) is 5.88 Å². The van der Waals surface area contributed by atoms with Crippen LogP contribution in [-0.2, 0) is 9.53 Å². The van der Waals surface area contributed by atoms with E-state index < -0.39 is 0 Å². The number of methoxy groups -OCH3 is 1. The molecular weight excluding hydrogens is 234 g/mol. The molecule has 6 nitrogen and oxygen atoms in total. The summed E-state index contributed by atoms with van der Waals surface area (Å²) in [7, 11) is 1.55. The maximum absolute atomic E-state index is 11.8. The molecule has 98 valence electrons. The number of nitrogens with one attached hydrogen (secondary N) is 2. The highest BCUT2D eigenvalue weighted by molar-refractivity contribution is 5.90. The van der Waals surface area contributed by atoms with Gasteiger partial charge in [-0.05, 0) is 6.07 Å². The smallest absolute Gasteiger partial charge is 0.226 e. The Kier molecular flexibility index (Phi) is 4.49. The SMILES string of the molecule is COc1ccc(NC(=O)CC2COCCN2)cn1. The number of carbonyl (C=O) groups is 1. The highest BCUT2D eigenvalue weighted by Crippen LogP contribution is 2.11. The van der Waals surface area contributed by atoms with Gasteiger partial charge >= 0.3 is 0 Å². The van der Waals surface area contributed by atoms with Gasteiger partial charge in [-0.15, -0.1) is 0 Å². The van der Waals surface area contributed by atoms with E-state index in [9.17, 15) is 4.79 Å². The van der Waals surface area contributed by atoms with E-state index in [1.54, 1.807) is 25.4 Å². The van der Waals surface area contributed by atoms with E-state index >= 15 is 0 Å². The number of pyridine rings is 1. The van der Waals surface area contributed by atoms with Crippen LogP contribution in [0.1, 0.15) is 6.42 Å². The van der Waals surface area contributed by atoms with Crippen LogP contribution in [-0.4, -0.2) is 43.8 Å². The number of nitrogens with zero attached hydrogens (tertiary/aromatic N) is 1. The minimum absolute atomic E-state index is 0.0510. The minimum Gasteiger partial charge on any atom is -0.481 e. The first-order valence-corrected chi connectivity index (χ1v) is 5.89. The molecule has 1 saturated heterocycles. The molecule has 1 aromatic rings. The summed E-state index contributed by atoms with van der Waals surface area (Å²) in [5, 5.41) is 6.02. The number of hydrogen-bond acceptors (Lipinski definition) is 5. The molecule has 1 aliphatic heterocycles. The molecule has 2 N–H and O–H groups in total. The van der Waals surface area contributed by atoms with E-state index in [4.69, 9.17) is 9.47 Å². The van der Waals surface area contributed by atoms with E-state index in [1.165, 1.54) is 0 Å². The van der Waals surface area contributed by atoms with Gasteiger partial charge in [-0.2, -0.15) is 0 Å². The summed E-state index contributed by atoms with van der Waals surface area (Å²) in [6.45, 7) is 2.08. The van der Waals surface area contributed by atoms with Gasteiger partial charge in [0.25, 0.3) is 0 Å². The average Bonchev–Trinajstić information content (AvgIpc) is 2.40. The van der Waals surface area contributed by atoms with Crippen molar-refractivity contribution in [1.82, 2.24) is 10.3 Å². The lowest BCUT2D eigenvalue weighted by atomic mass is 10.2. The van der Waals surface area contributed by atoms with Crippen LogP contribution in [0.3, 0.4) is 0 Å². The number of morpholine rings is 1. The third-order valence-corrected chi connectivity index (χ3v) is 2.66. The van der Waals surface area contributed by atoms with Crippen molar-refractivity contribution >= 4 is 11.6 Å². The van der Waals surface area contributed by atoms with Crippen LogP contribution in [0, 0.1) is 0 Å². The molecule has 2 rings (SSSR count). The number of carbonyl (C=O) groups excluding carboxylic acids is 1. The number of anilines is 1. The number of amides is 1. The number of ether oxygens (including phenoxy) is 2. The Bertz CT molecular complexity index is 388. The van der Waals surface area contributed by atoms with E-state index in [1.807, 2.05) is 0 Å². The van der Waals surface area contributed by atoms with Crippen LogP contribution in [0.2, 0.25) is 0 Å². The molecule has 0 aliphatic carbocycles. The first-order chi connectivity index (χ1) is 8.78. The lowest BCUT2D eigenvalue weighted by Crippen LogP contribution is -2.43. The van der Waals surface area contributed by atoms with Gasteiger partial charge in [0.1, 0.15) is 0 Å². The van der Waals surface area contributed by atoms with Crippen LogP contribution in [0.15, 0.2) is 18.3 Å². The molecule has 6 heteroatoms. The highest BCUT2D eigenvalue weighted by Gasteiger charge is 2.16. The normalized spacial score (nSPS) is 19.3. The topological polar surface area (TPSA) is 72.5 Å². The molecule has 1 aromatic heterocycles. The quantitative estimate of drug-likeness (QED) is 0.810. The number of rotatable bonds is 4. The Hall–Kier alpha value is -1.66. The molecule has 1 fully saturated rings. The summed E-state index contributed by atoms with van der Waals surface area (Å²) in [4.78, 5) is 15.8. The number of hydrogen-bond donors (Lipinski definition) is 2. The maximum atomic E-state index is 11.8. The van der Waals surface area contributed by atoms with Crippen LogP contribution < -0.4 is 15.4 Å². The predicted octanol–water partition coefficient (Wildman–Crippen LogP) is 0.407. The van der Waals surface area contributed by atoms with Crippen LogP contribution in [0.4, 0.5) is 5.69 Å². The van der Waals surface area contributed by atoms with E-state index in [0.717, 1.165) is 6.54 Å². The molecule has 1 unspecified atom stereocenters. The van der Waals surface area contributed by atoms with Gasteiger partial charge < -0.3 is 20.1 Å². The fraction of sp³-hybridized carbons (Fsp3) is 0.500. The van der Waals surface area contributed by atoms with Gasteiger partial charge in [0.15, 0.2) is 0 Å². The summed E-state index contributed by atoms with van der Waals surface area (Å²) < 4.78 is 10.2. The molecule has 0 spiro atoms. The molecule has 0 saturated carbocycles. The van der Waals surface area contributed by atoms with Gasteiger partial charge in [0, 0.05) is 25.1 Å². The molecule has 0 aromatic carbocycles. The second-order valence-corrected chi connectivity index (χ2v) is 4.07. The van der Waals surface area contributed by atoms with Crippen molar-refractivity contribution in [2.45, 2.75) is 12.5 Å². The van der Waals surface area contributed by atoms with Crippen LogP contribution in [0.25, 0.3) is 0 Å². The van der Waals surface area contributed by atoms with Crippen LogP contribution in [0.5, 0.6) is 5.88 Å². The Morgan fingerprint density at radius 3 is 3.17 bits per heavy atom. The molecule has 18 heavy (non-hydrogen) atoms. The van der Waals surface area contributed by atoms with Gasteiger partial charge in [-0.3, -0.25) is 4.79 Å². The Balaban J connectivity index is 1.82. The lowest BCUT2D eigenvalue weighted by Gasteiger charge is -2.23. The van der Waals surface area contributed by atoms with Gasteiger partial charge in [-0.25, -0.2) is 4.98 Å². The third-order valence-electron chi connectivity index (χ3n) is 2.66. The van der Waals surface area contributed by atoms with Gasteiger partial charge in [0.05, 0.1) is 32.2 Å². The zero-order valence-electron chi connectivity index (χ0n) is 10.3. The fourth-order valence-electron chi connectivity index (χ4n) is 1.76. The summed E-state index contributed by atoms with van der Waals surface area (Å²) in [5.74, 6) is 0.473. The summed E-state index contributed by atoms with van der Waals surface area (Å²) in [6, 6.07) is 3.55. The van der Waals surface area contributed by atoms with E-state index in [-0.39, 0.29) is 11.9 Å². The summed E-state index contributed by atoms with van der Waals surface area (Å²) in [5.41, 5.74) is 0.664. The first kappa shape index (κ1) is 12.8. The maximum Gasteiger partial charge on any atom is 0.226 e.